The molecule has 0 aliphatic heterocycles. The van der Waals surface area contributed by atoms with Crippen molar-refractivity contribution in [2.45, 2.75) is 32.0 Å². The van der Waals surface area contributed by atoms with Crippen molar-refractivity contribution in [2.24, 2.45) is 5.73 Å². The molecule has 0 amide bonds. The monoisotopic (exact) mass is 291 g/mol. The topological polar surface area (TPSA) is 44.5 Å². The molecule has 0 saturated heterocycles. The number of alkyl halides is 3. The molecule has 3 nitrogen and oxygen atoms in total. The van der Waals surface area contributed by atoms with E-state index in [1.54, 1.807) is 0 Å². The van der Waals surface area contributed by atoms with Crippen molar-refractivity contribution >= 4 is 0 Å². The Bertz CT molecular complexity index is 396. The van der Waals surface area contributed by atoms with Gasteiger partial charge in [-0.3, -0.25) is 0 Å². The maximum atomic E-state index is 11.9. The summed E-state index contributed by atoms with van der Waals surface area (Å²) in [5.74, 6) is 0.682. The number of rotatable bonds is 8. The Morgan fingerprint density at radius 3 is 2.60 bits per heavy atom. The predicted molar refractivity (Wildman–Crippen MR) is 70.6 cm³/mol. The fraction of sp³-hybridized carbons (Fsp3) is 0.571. The summed E-state index contributed by atoms with van der Waals surface area (Å²) < 4.78 is 46.5. The number of hydrogen-bond acceptors (Lipinski definition) is 3. The van der Waals surface area contributed by atoms with E-state index in [4.69, 9.17) is 15.2 Å². The average Bonchev–Trinajstić information content (AvgIpc) is 2.38. The van der Waals surface area contributed by atoms with E-state index in [-0.39, 0.29) is 19.6 Å². The van der Waals surface area contributed by atoms with E-state index in [1.807, 2.05) is 31.2 Å². The van der Waals surface area contributed by atoms with E-state index >= 15 is 0 Å². The molecule has 0 saturated carbocycles. The van der Waals surface area contributed by atoms with Gasteiger partial charge in [-0.15, -0.1) is 0 Å². The van der Waals surface area contributed by atoms with E-state index in [1.165, 1.54) is 0 Å². The highest BCUT2D eigenvalue weighted by atomic mass is 19.4. The zero-order valence-corrected chi connectivity index (χ0v) is 11.5. The summed E-state index contributed by atoms with van der Waals surface area (Å²) in [6.45, 7) is 2.61. The summed E-state index contributed by atoms with van der Waals surface area (Å²) in [6, 6.07) is 6.90. The standard InChI is InChI=1S/C14H20F3NO2/c1-2-20-13-7-4-3-6-11(13)12(18)10-19-9-5-8-14(15,16)17/h3-4,6-7,12H,2,5,8-10,18H2,1H3. The molecule has 1 aromatic rings. The second kappa shape index (κ2) is 8.11. The SMILES string of the molecule is CCOc1ccccc1C(N)COCCCC(F)(F)F. The number of ether oxygens (including phenoxy) is 2. The summed E-state index contributed by atoms with van der Waals surface area (Å²) >= 11 is 0. The Kier molecular flexibility index (Phi) is 6.81. The van der Waals surface area contributed by atoms with Crippen LogP contribution in [0.2, 0.25) is 0 Å². The first kappa shape index (κ1) is 16.8. The Morgan fingerprint density at radius 2 is 1.95 bits per heavy atom. The quantitative estimate of drug-likeness (QED) is 0.746. The lowest BCUT2D eigenvalue weighted by Crippen LogP contribution is -2.19. The van der Waals surface area contributed by atoms with E-state index in [0.29, 0.717) is 12.4 Å². The molecule has 0 heterocycles. The second-order valence-corrected chi connectivity index (χ2v) is 4.37. The van der Waals surface area contributed by atoms with Gasteiger partial charge in [-0.25, -0.2) is 0 Å². The molecule has 20 heavy (non-hydrogen) atoms. The van der Waals surface area contributed by atoms with Gasteiger partial charge in [0.25, 0.3) is 0 Å². The van der Waals surface area contributed by atoms with Gasteiger partial charge in [0.2, 0.25) is 0 Å². The maximum Gasteiger partial charge on any atom is 0.389 e. The van der Waals surface area contributed by atoms with Crippen molar-refractivity contribution in [3.05, 3.63) is 29.8 Å². The molecule has 0 radical (unpaired) electrons. The van der Waals surface area contributed by atoms with E-state index in [0.717, 1.165) is 5.56 Å². The second-order valence-electron chi connectivity index (χ2n) is 4.37. The first-order valence-electron chi connectivity index (χ1n) is 6.56. The third-order valence-electron chi connectivity index (χ3n) is 2.66. The summed E-state index contributed by atoms with van der Waals surface area (Å²) in [4.78, 5) is 0. The Hall–Kier alpha value is -1.27. The summed E-state index contributed by atoms with van der Waals surface area (Å²) in [5.41, 5.74) is 6.76. The Labute approximate surface area is 116 Å². The molecule has 114 valence electrons. The third kappa shape index (κ3) is 6.25. The minimum atomic E-state index is -4.13. The minimum Gasteiger partial charge on any atom is -0.494 e. The molecule has 2 N–H and O–H groups in total. The number of para-hydroxylation sites is 1. The van der Waals surface area contributed by atoms with Crippen LogP contribution in [0.15, 0.2) is 24.3 Å². The molecule has 0 aliphatic carbocycles. The van der Waals surface area contributed by atoms with Crippen molar-refractivity contribution in [3.63, 3.8) is 0 Å². The zero-order chi connectivity index (χ0) is 15.0. The predicted octanol–water partition coefficient (Wildman–Crippen LogP) is 3.44. The normalized spacial score (nSPS) is 13.2. The molecule has 0 aliphatic rings. The van der Waals surface area contributed by atoms with Gasteiger partial charge in [0, 0.05) is 18.6 Å². The third-order valence-corrected chi connectivity index (χ3v) is 2.66. The molecule has 0 aromatic heterocycles. The molecule has 0 spiro atoms. The average molecular weight is 291 g/mol. The lowest BCUT2D eigenvalue weighted by atomic mass is 10.1. The van der Waals surface area contributed by atoms with Gasteiger partial charge in [-0.1, -0.05) is 18.2 Å². The van der Waals surface area contributed by atoms with Gasteiger partial charge in [0.05, 0.1) is 19.3 Å². The smallest absolute Gasteiger partial charge is 0.389 e. The lowest BCUT2D eigenvalue weighted by molar-refractivity contribution is -0.137. The van der Waals surface area contributed by atoms with Gasteiger partial charge in [0.1, 0.15) is 5.75 Å². The molecule has 1 unspecified atom stereocenters. The van der Waals surface area contributed by atoms with E-state index in [2.05, 4.69) is 0 Å². The van der Waals surface area contributed by atoms with Crippen LogP contribution in [-0.2, 0) is 4.74 Å². The van der Waals surface area contributed by atoms with Crippen LogP contribution in [0.3, 0.4) is 0 Å². The summed E-state index contributed by atoms with van der Waals surface area (Å²) in [5, 5.41) is 0. The van der Waals surface area contributed by atoms with Crippen molar-refractivity contribution < 1.29 is 22.6 Å². The van der Waals surface area contributed by atoms with Gasteiger partial charge < -0.3 is 15.2 Å². The van der Waals surface area contributed by atoms with Gasteiger partial charge in [-0.05, 0) is 19.4 Å². The molecular weight excluding hydrogens is 271 g/mol. The number of halogens is 3. The van der Waals surface area contributed by atoms with Crippen LogP contribution in [-0.4, -0.2) is 26.0 Å². The van der Waals surface area contributed by atoms with Crippen molar-refractivity contribution in [1.29, 1.82) is 0 Å². The summed E-state index contributed by atoms with van der Waals surface area (Å²) in [7, 11) is 0. The van der Waals surface area contributed by atoms with Crippen molar-refractivity contribution in [1.82, 2.24) is 0 Å². The van der Waals surface area contributed by atoms with Crippen LogP contribution in [0, 0.1) is 0 Å². The molecule has 1 aromatic carbocycles. The minimum absolute atomic E-state index is 0.0456. The maximum absolute atomic E-state index is 11.9. The fourth-order valence-electron chi connectivity index (χ4n) is 1.75. The molecule has 0 fully saturated rings. The van der Waals surface area contributed by atoms with E-state index < -0.39 is 18.6 Å². The molecule has 0 bridgehead atoms. The Morgan fingerprint density at radius 1 is 1.25 bits per heavy atom. The molecular formula is C14H20F3NO2. The van der Waals surface area contributed by atoms with E-state index in [9.17, 15) is 13.2 Å². The lowest BCUT2D eigenvalue weighted by Gasteiger charge is -2.16. The van der Waals surface area contributed by atoms with Crippen LogP contribution in [0.25, 0.3) is 0 Å². The van der Waals surface area contributed by atoms with Gasteiger partial charge >= 0.3 is 6.18 Å². The zero-order valence-electron chi connectivity index (χ0n) is 11.5. The largest absolute Gasteiger partial charge is 0.494 e. The molecule has 1 atom stereocenters. The van der Waals surface area contributed by atoms with Crippen LogP contribution in [0.5, 0.6) is 5.75 Å². The number of benzene rings is 1. The van der Waals surface area contributed by atoms with Crippen LogP contribution >= 0.6 is 0 Å². The van der Waals surface area contributed by atoms with Crippen molar-refractivity contribution in [2.75, 3.05) is 19.8 Å². The van der Waals surface area contributed by atoms with Crippen LogP contribution in [0.4, 0.5) is 13.2 Å². The molecule has 6 heteroatoms. The van der Waals surface area contributed by atoms with Crippen LogP contribution < -0.4 is 10.5 Å². The van der Waals surface area contributed by atoms with Crippen LogP contribution in [0.1, 0.15) is 31.4 Å². The van der Waals surface area contributed by atoms with Gasteiger partial charge in [-0.2, -0.15) is 13.2 Å². The highest BCUT2D eigenvalue weighted by molar-refractivity contribution is 5.35. The van der Waals surface area contributed by atoms with Gasteiger partial charge in [0.15, 0.2) is 0 Å². The molecule has 1 rings (SSSR count). The summed E-state index contributed by atoms with van der Waals surface area (Å²) in [6.07, 6.45) is -5.02. The fourth-order valence-corrected chi connectivity index (χ4v) is 1.75. The first-order chi connectivity index (χ1) is 9.44. The number of nitrogens with two attached hydrogens (primary N) is 1. The van der Waals surface area contributed by atoms with Crippen molar-refractivity contribution in [3.8, 4) is 5.75 Å². The highest BCUT2D eigenvalue weighted by Gasteiger charge is 2.26. The number of hydrogen-bond donors (Lipinski definition) is 1. The Balaban J connectivity index is 2.37. The highest BCUT2D eigenvalue weighted by Crippen LogP contribution is 2.24. The first-order valence-corrected chi connectivity index (χ1v) is 6.56.